The van der Waals surface area contributed by atoms with Crippen LogP contribution in [0.2, 0.25) is 10.0 Å². The molecular weight excluding hydrogens is 359 g/mol. The van der Waals surface area contributed by atoms with Crippen LogP contribution in [0.4, 0.5) is 5.69 Å². The number of carbonyl (C=O) groups is 1. The molecule has 0 aromatic heterocycles. The summed E-state index contributed by atoms with van der Waals surface area (Å²) >= 11 is 12.0. The van der Waals surface area contributed by atoms with Crippen LogP contribution in [0.25, 0.3) is 0 Å². The van der Waals surface area contributed by atoms with Crippen LogP contribution in [0.1, 0.15) is 12.5 Å². The summed E-state index contributed by atoms with van der Waals surface area (Å²) in [6.45, 7) is 1.40. The zero-order valence-corrected chi connectivity index (χ0v) is 14.5. The molecule has 0 atom stereocenters. The number of nitrogens with one attached hydrogen (secondary N) is 2. The van der Waals surface area contributed by atoms with Gasteiger partial charge in [-0.25, -0.2) is 13.1 Å². The Morgan fingerprint density at radius 3 is 2.39 bits per heavy atom. The lowest BCUT2D eigenvalue weighted by Gasteiger charge is -2.10. The van der Waals surface area contributed by atoms with Gasteiger partial charge in [-0.05, 0) is 29.8 Å². The zero-order valence-electron chi connectivity index (χ0n) is 12.1. The number of halogens is 2. The second-order valence-electron chi connectivity index (χ2n) is 4.74. The van der Waals surface area contributed by atoms with E-state index in [-0.39, 0.29) is 22.4 Å². The van der Waals surface area contributed by atoms with Crippen LogP contribution in [0.5, 0.6) is 0 Å². The highest BCUT2D eigenvalue weighted by atomic mass is 35.5. The number of hydrogen-bond donors (Lipinski definition) is 2. The van der Waals surface area contributed by atoms with Crippen LogP contribution in [-0.2, 0) is 21.4 Å². The molecule has 2 aromatic rings. The Labute approximate surface area is 144 Å². The number of anilines is 1. The summed E-state index contributed by atoms with van der Waals surface area (Å²) in [5.74, 6) is -0.292. The molecule has 122 valence electrons. The van der Waals surface area contributed by atoms with Crippen molar-refractivity contribution in [2.45, 2.75) is 18.4 Å². The quantitative estimate of drug-likeness (QED) is 0.843. The van der Waals surface area contributed by atoms with Gasteiger partial charge in [-0.2, -0.15) is 0 Å². The second-order valence-corrected chi connectivity index (χ2v) is 7.32. The molecule has 2 rings (SSSR count). The van der Waals surface area contributed by atoms with Crippen molar-refractivity contribution in [2.24, 2.45) is 0 Å². The predicted octanol–water partition coefficient (Wildman–Crippen LogP) is 3.43. The average molecular weight is 373 g/mol. The molecule has 0 fully saturated rings. The van der Waals surface area contributed by atoms with E-state index in [0.717, 1.165) is 0 Å². The second kappa shape index (κ2) is 7.31. The molecule has 0 spiro atoms. The molecule has 0 saturated carbocycles. The van der Waals surface area contributed by atoms with E-state index in [9.17, 15) is 13.2 Å². The average Bonchev–Trinajstić information content (AvgIpc) is 2.48. The van der Waals surface area contributed by atoms with Gasteiger partial charge < -0.3 is 5.32 Å². The minimum absolute atomic E-state index is 0.00338. The van der Waals surface area contributed by atoms with Gasteiger partial charge in [-0.3, -0.25) is 4.79 Å². The Hall–Kier alpha value is -1.60. The summed E-state index contributed by atoms with van der Waals surface area (Å²) in [5, 5.41) is 3.13. The molecule has 8 heteroatoms. The molecule has 0 bridgehead atoms. The third-order valence-corrected chi connectivity index (χ3v) is 5.05. The summed E-state index contributed by atoms with van der Waals surface area (Å²) in [6, 6.07) is 11.0. The molecule has 0 aliphatic carbocycles. The molecular formula is C15H14Cl2N2O3S. The third kappa shape index (κ3) is 4.68. The van der Waals surface area contributed by atoms with E-state index in [0.29, 0.717) is 16.3 Å². The SMILES string of the molecule is CC(=O)Nc1ccc(S(=O)(=O)NCc2ccccc2Cl)cc1Cl. The topological polar surface area (TPSA) is 75.3 Å². The van der Waals surface area contributed by atoms with Crippen LogP contribution < -0.4 is 10.0 Å². The molecule has 0 aliphatic rings. The molecule has 0 heterocycles. The smallest absolute Gasteiger partial charge is 0.240 e. The Balaban J connectivity index is 2.18. The van der Waals surface area contributed by atoms with Crippen LogP contribution in [-0.4, -0.2) is 14.3 Å². The molecule has 5 nitrogen and oxygen atoms in total. The van der Waals surface area contributed by atoms with Crippen molar-refractivity contribution in [3.63, 3.8) is 0 Å². The Bertz CT molecular complexity index is 838. The zero-order chi connectivity index (χ0) is 17.0. The molecule has 2 aromatic carbocycles. The molecule has 0 saturated heterocycles. The lowest BCUT2D eigenvalue weighted by Crippen LogP contribution is -2.23. The summed E-state index contributed by atoms with van der Waals surface area (Å²) in [5.41, 5.74) is 1.02. The Morgan fingerprint density at radius 1 is 1.09 bits per heavy atom. The van der Waals surface area contributed by atoms with Crippen molar-refractivity contribution < 1.29 is 13.2 Å². The summed E-state index contributed by atoms with van der Waals surface area (Å²) in [7, 11) is -3.75. The van der Waals surface area contributed by atoms with Crippen molar-refractivity contribution in [2.75, 3.05) is 5.32 Å². The van der Waals surface area contributed by atoms with Gasteiger partial charge >= 0.3 is 0 Å². The van der Waals surface area contributed by atoms with Gasteiger partial charge in [0, 0.05) is 18.5 Å². The van der Waals surface area contributed by atoms with Crippen LogP contribution in [0.3, 0.4) is 0 Å². The van der Waals surface area contributed by atoms with Gasteiger partial charge in [0.25, 0.3) is 0 Å². The summed E-state index contributed by atoms with van der Waals surface area (Å²) in [4.78, 5) is 11.0. The fourth-order valence-corrected chi connectivity index (χ4v) is 3.38. The Morgan fingerprint density at radius 2 is 1.78 bits per heavy atom. The number of hydrogen-bond acceptors (Lipinski definition) is 3. The van der Waals surface area contributed by atoms with Gasteiger partial charge in [0.1, 0.15) is 0 Å². The lowest BCUT2D eigenvalue weighted by molar-refractivity contribution is -0.114. The maximum absolute atomic E-state index is 12.3. The van der Waals surface area contributed by atoms with Gasteiger partial charge in [0.05, 0.1) is 15.6 Å². The number of benzene rings is 2. The first-order chi connectivity index (χ1) is 10.8. The Kier molecular flexibility index (Phi) is 5.64. The van der Waals surface area contributed by atoms with Crippen molar-refractivity contribution in [1.29, 1.82) is 0 Å². The van der Waals surface area contributed by atoms with Crippen LogP contribution in [0, 0.1) is 0 Å². The van der Waals surface area contributed by atoms with Gasteiger partial charge in [0.2, 0.25) is 15.9 Å². The summed E-state index contributed by atoms with van der Waals surface area (Å²) < 4.78 is 27.1. The van der Waals surface area contributed by atoms with Gasteiger partial charge in [0.15, 0.2) is 0 Å². The van der Waals surface area contributed by atoms with E-state index in [2.05, 4.69) is 10.0 Å². The third-order valence-electron chi connectivity index (χ3n) is 2.97. The predicted molar refractivity (Wildman–Crippen MR) is 91.2 cm³/mol. The fraction of sp³-hybridized carbons (Fsp3) is 0.133. The molecule has 1 amide bonds. The minimum Gasteiger partial charge on any atom is -0.325 e. The number of rotatable bonds is 5. The number of carbonyl (C=O) groups excluding carboxylic acids is 1. The van der Waals surface area contributed by atoms with Crippen LogP contribution >= 0.6 is 23.2 Å². The monoisotopic (exact) mass is 372 g/mol. The van der Waals surface area contributed by atoms with Crippen LogP contribution in [0.15, 0.2) is 47.4 Å². The highest BCUT2D eigenvalue weighted by Crippen LogP contribution is 2.25. The molecule has 0 aliphatic heterocycles. The van der Waals surface area contributed by atoms with E-state index in [4.69, 9.17) is 23.2 Å². The van der Waals surface area contributed by atoms with E-state index >= 15 is 0 Å². The number of amides is 1. The maximum atomic E-state index is 12.3. The van der Waals surface area contributed by atoms with E-state index in [1.165, 1.54) is 25.1 Å². The summed E-state index contributed by atoms with van der Waals surface area (Å²) in [6.07, 6.45) is 0. The molecule has 2 N–H and O–H groups in total. The highest BCUT2D eigenvalue weighted by Gasteiger charge is 2.16. The standard InChI is InChI=1S/C15H14Cl2N2O3S/c1-10(20)19-15-7-6-12(8-14(15)17)23(21,22)18-9-11-4-2-3-5-13(11)16/h2-8,18H,9H2,1H3,(H,19,20). The van der Waals surface area contributed by atoms with Crippen molar-refractivity contribution in [3.8, 4) is 0 Å². The van der Waals surface area contributed by atoms with Crippen molar-refractivity contribution in [1.82, 2.24) is 4.72 Å². The minimum atomic E-state index is -3.75. The lowest BCUT2D eigenvalue weighted by atomic mass is 10.2. The van der Waals surface area contributed by atoms with E-state index in [1.807, 2.05) is 0 Å². The number of sulfonamides is 1. The largest absolute Gasteiger partial charge is 0.325 e. The van der Waals surface area contributed by atoms with Crippen molar-refractivity contribution in [3.05, 3.63) is 58.1 Å². The van der Waals surface area contributed by atoms with E-state index in [1.54, 1.807) is 24.3 Å². The normalized spacial score (nSPS) is 11.3. The van der Waals surface area contributed by atoms with Gasteiger partial charge in [-0.1, -0.05) is 41.4 Å². The van der Waals surface area contributed by atoms with Gasteiger partial charge in [-0.15, -0.1) is 0 Å². The molecule has 0 unspecified atom stereocenters. The van der Waals surface area contributed by atoms with Crippen molar-refractivity contribution >= 4 is 44.8 Å². The first-order valence-corrected chi connectivity index (χ1v) is 8.84. The fourth-order valence-electron chi connectivity index (χ4n) is 1.85. The maximum Gasteiger partial charge on any atom is 0.240 e. The molecule has 23 heavy (non-hydrogen) atoms. The highest BCUT2D eigenvalue weighted by molar-refractivity contribution is 7.89. The molecule has 0 radical (unpaired) electrons. The first-order valence-electron chi connectivity index (χ1n) is 6.60. The first kappa shape index (κ1) is 17.7. The van der Waals surface area contributed by atoms with E-state index < -0.39 is 10.0 Å².